The Morgan fingerprint density at radius 1 is 1.48 bits per heavy atom. The Kier molecular flexibility index (Phi) is 8.36. The molecule has 6 nitrogen and oxygen atoms in total. The molecule has 6 heteroatoms. The van der Waals surface area contributed by atoms with Crippen molar-refractivity contribution < 1.29 is 19.4 Å². The Bertz CT molecular complexity index is 402. The average Bonchev–Trinajstić information content (AvgIpc) is 2.81. The van der Waals surface area contributed by atoms with E-state index in [4.69, 9.17) is 15.2 Å². The van der Waals surface area contributed by atoms with Crippen LogP contribution in [0.15, 0.2) is 12.2 Å². The molecule has 0 aromatic carbocycles. The van der Waals surface area contributed by atoms with Crippen molar-refractivity contribution in [2.75, 3.05) is 20.3 Å². The maximum atomic E-state index is 11.8. The van der Waals surface area contributed by atoms with Gasteiger partial charge < -0.3 is 20.3 Å². The highest BCUT2D eigenvalue weighted by Gasteiger charge is 2.44. The first kappa shape index (κ1) is 20.3. The van der Waals surface area contributed by atoms with Crippen molar-refractivity contribution in [3.8, 4) is 0 Å². The molecule has 134 valence electrons. The third-order valence-corrected chi connectivity index (χ3v) is 4.55. The lowest BCUT2D eigenvalue weighted by Crippen LogP contribution is -2.55. The van der Waals surface area contributed by atoms with Crippen LogP contribution in [0.25, 0.3) is 0 Å². The molecular formula is C17H32N2O4. The van der Waals surface area contributed by atoms with Crippen LogP contribution in [0.2, 0.25) is 0 Å². The Balaban J connectivity index is 2.73. The number of aliphatic hydroxyl groups is 1. The molecule has 3 N–H and O–H groups in total. The molecule has 1 aliphatic rings. The van der Waals surface area contributed by atoms with E-state index in [1.165, 1.54) is 0 Å². The Morgan fingerprint density at radius 3 is 2.65 bits per heavy atom. The van der Waals surface area contributed by atoms with Crippen LogP contribution >= 0.6 is 0 Å². The van der Waals surface area contributed by atoms with Gasteiger partial charge in [0.25, 0.3) is 0 Å². The molecule has 0 amide bonds. The monoisotopic (exact) mass is 328 g/mol. The molecule has 4 unspecified atom stereocenters. The van der Waals surface area contributed by atoms with Gasteiger partial charge in [0.1, 0.15) is 5.78 Å². The van der Waals surface area contributed by atoms with Gasteiger partial charge in [0.05, 0.1) is 18.8 Å². The van der Waals surface area contributed by atoms with E-state index in [9.17, 15) is 9.90 Å². The van der Waals surface area contributed by atoms with Gasteiger partial charge in [-0.1, -0.05) is 12.2 Å². The molecule has 0 spiro atoms. The van der Waals surface area contributed by atoms with E-state index in [1.54, 1.807) is 13.8 Å². The third-order valence-electron chi connectivity index (χ3n) is 4.55. The van der Waals surface area contributed by atoms with E-state index in [1.807, 2.05) is 31.9 Å². The highest BCUT2D eigenvalue weighted by Crippen LogP contribution is 2.32. The summed E-state index contributed by atoms with van der Waals surface area (Å²) in [7, 11) is 1.90. The summed E-state index contributed by atoms with van der Waals surface area (Å²) in [6, 6.07) is -0.747. The predicted molar refractivity (Wildman–Crippen MR) is 90.0 cm³/mol. The maximum absolute atomic E-state index is 11.8. The zero-order chi connectivity index (χ0) is 17.6. The number of carbonyl (C=O) groups excluding carboxylic acids is 1. The van der Waals surface area contributed by atoms with Gasteiger partial charge >= 0.3 is 0 Å². The summed E-state index contributed by atoms with van der Waals surface area (Å²) in [5.74, 6) is 0.278. The van der Waals surface area contributed by atoms with Crippen LogP contribution in [-0.4, -0.2) is 66.6 Å². The van der Waals surface area contributed by atoms with Crippen LogP contribution in [0.5, 0.6) is 0 Å². The van der Waals surface area contributed by atoms with E-state index in [-0.39, 0.29) is 36.7 Å². The number of carbonyl (C=O) groups is 1. The van der Waals surface area contributed by atoms with Crippen LogP contribution in [-0.2, 0) is 14.3 Å². The number of hydrogen-bond donors (Lipinski definition) is 2. The largest absolute Gasteiger partial charge is 0.389 e. The molecule has 0 aromatic rings. The number of likely N-dealkylation sites (N-methyl/N-ethyl adjacent to an activating group) is 1. The quantitative estimate of drug-likeness (QED) is 0.484. The van der Waals surface area contributed by atoms with Crippen molar-refractivity contribution in [1.29, 1.82) is 0 Å². The van der Waals surface area contributed by atoms with E-state index >= 15 is 0 Å². The van der Waals surface area contributed by atoms with Crippen molar-refractivity contribution in [3.05, 3.63) is 12.2 Å². The van der Waals surface area contributed by atoms with Gasteiger partial charge in [-0.3, -0.25) is 9.69 Å². The topological polar surface area (TPSA) is 85.0 Å². The number of Topliss-reactive ketones (excluding diaryl/α,β-unsaturated/α-hetero) is 1. The minimum Gasteiger partial charge on any atom is -0.389 e. The summed E-state index contributed by atoms with van der Waals surface area (Å²) in [5, 5.41) is 10.4. The molecule has 0 aliphatic carbocycles. The zero-order valence-electron chi connectivity index (χ0n) is 14.9. The molecule has 1 rings (SSSR count). The number of hydrogen-bond acceptors (Lipinski definition) is 6. The molecule has 0 radical (unpaired) electrons. The number of nitrogens with zero attached hydrogens (tertiary/aromatic N) is 1. The molecule has 1 aliphatic heterocycles. The standard InChI is InChI=1S/C17H32N2O4/c1-6-8-13-9-14(11(3)20)19(5)17(13)16(18)15(21)10-23-12(4)22-7-2/h6,8,12-17,21H,7,9-10,18H2,1-5H3/b8-6-/t12?,13-,14-,15?,16?,17?/m1/s1. The number of ether oxygens (including phenoxy) is 2. The van der Waals surface area contributed by atoms with Crippen molar-refractivity contribution in [2.24, 2.45) is 11.7 Å². The lowest BCUT2D eigenvalue weighted by molar-refractivity contribution is -0.147. The molecule has 0 bridgehead atoms. The lowest BCUT2D eigenvalue weighted by Gasteiger charge is -2.34. The second kappa shape index (κ2) is 9.49. The number of nitrogens with two attached hydrogens (primary N) is 1. The molecule has 0 saturated carbocycles. The fraction of sp³-hybridized carbons (Fsp3) is 0.824. The highest BCUT2D eigenvalue weighted by atomic mass is 16.7. The SMILES string of the molecule is C/C=C\[C@@H]1C[C@H](C(C)=O)N(C)C1C(N)C(O)COC(C)OCC. The van der Waals surface area contributed by atoms with Gasteiger partial charge in [-0.2, -0.15) is 0 Å². The second-order valence-corrected chi connectivity index (χ2v) is 6.21. The summed E-state index contributed by atoms with van der Waals surface area (Å²) in [4.78, 5) is 13.8. The van der Waals surface area contributed by atoms with Crippen LogP contribution in [0.3, 0.4) is 0 Å². The molecule has 1 saturated heterocycles. The van der Waals surface area contributed by atoms with Crippen molar-refractivity contribution in [3.63, 3.8) is 0 Å². The summed E-state index contributed by atoms with van der Waals surface area (Å²) in [5.41, 5.74) is 6.30. The Labute approximate surface area is 139 Å². The lowest BCUT2D eigenvalue weighted by atomic mass is 9.90. The second-order valence-electron chi connectivity index (χ2n) is 6.21. The van der Waals surface area contributed by atoms with Gasteiger partial charge in [0.2, 0.25) is 0 Å². The van der Waals surface area contributed by atoms with Crippen LogP contribution < -0.4 is 5.73 Å². The molecular weight excluding hydrogens is 296 g/mol. The fourth-order valence-electron chi connectivity index (χ4n) is 3.38. The molecule has 1 fully saturated rings. The normalized spacial score (nSPS) is 29.8. The predicted octanol–water partition coefficient (Wildman–Crippen LogP) is 0.928. The minimum absolute atomic E-state index is 0.0962. The first-order chi connectivity index (χ1) is 10.8. The number of rotatable bonds is 9. The molecule has 23 heavy (non-hydrogen) atoms. The van der Waals surface area contributed by atoms with Gasteiger partial charge in [0.15, 0.2) is 6.29 Å². The Morgan fingerprint density at radius 2 is 2.13 bits per heavy atom. The average molecular weight is 328 g/mol. The van der Waals surface area contributed by atoms with Crippen molar-refractivity contribution >= 4 is 5.78 Å². The van der Waals surface area contributed by atoms with Gasteiger partial charge in [-0.05, 0) is 47.1 Å². The van der Waals surface area contributed by atoms with Crippen LogP contribution in [0.1, 0.15) is 34.1 Å². The number of ketones is 1. The van der Waals surface area contributed by atoms with Gasteiger partial charge in [0, 0.05) is 18.7 Å². The van der Waals surface area contributed by atoms with Crippen LogP contribution in [0.4, 0.5) is 0 Å². The maximum Gasteiger partial charge on any atom is 0.154 e. The van der Waals surface area contributed by atoms with E-state index < -0.39 is 12.1 Å². The van der Waals surface area contributed by atoms with Crippen molar-refractivity contribution in [2.45, 2.75) is 64.6 Å². The fourth-order valence-corrected chi connectivity index (χ4v) is 3.38. The minimum atomic E-state index is -0.816. The first-order valence-electron chi connectivity index (χ1n) is 8.35. The molecule has 1 heterocycles. The number of allylic oxidation sites excluding steroid dienone is 1. The highest BCUT2D eigenvalue weighted by molar-refractivity contribution is 5.81. The summed E-state index contributed by atoms with van der Waals surface area (Å²) in [6.07, 6.45) is 3.58. The first-order valence-corrected chi connectivity index (χ1v) is 8.35. The molecule has 0 aromatic heterocycles. The van der Waals surface area contributed by atoms with Gasteiger partial charge in [-0.15, -0.1) is 0 Å². The zero-order valence-corrected chi connectivity index (χ0v) is 14.9. The van der Waals surface area contributed by atoms with E-state index in [0.717, 1.165) is 6.42 Å². The summed E-state index contributed by atoms with van der Waals surface area (Å²) in [6.45, 7) is 7.90. The van der Waals surface area contributed by atoms with Crippen molar-refractivity contribution in [1.82, 2.24) is 4.90 Å². The van der Waals surface area contributed by atoms with E-state index in [0.29, 0.717) is 6.61 Å². The third kappa shape index (κ3) is 5.36. The number of aliphatic hydroxyl groups excluding tert-OH is 1. The van der Waals surface area contributed by atoms with E-state index in [2.05, 4.69) is 6.08 Å². The smallest absolute Gasteiger partial charge is 0.154 e. The Hall–Kier alpha value is -0.790. The molecule has 6 atom stereocenters. The van der Waals surface area contributed by atoms with Gasteiger partial charge in [-0.25, -0.2) is 0 Å². The van der Waals surface area contributed by atoms with Crippen LogP contribution in [0, 0.1) is 5.92 Å². The summed E-state index contributed by atoms with van der Waals surface area (Å²) < 4.78 is 10.8. The summed E-state index contributed by atoms with van der Waals surface area (Å²) >= 11 is 0. The number of likely N-dealkylation sites (tertiary alicyclic amines) is 1.